The van der Waals surface area contributed by atoms with E-state index in [0.717, 1.165) is 0 Å². The van der Waals surface area contributed by atoms with Crippen LogP contribution in [0.2, 0.25) is 5.02 Å². The van der Waals surface area contributed by atoms with Crippen molar-refractivity contribution in [3.05, 3.63) is 44.6 Å². The van der Waals surface area contributed by atoms with Crippen LogP contribution in [-0.2, 0) is 6.61 Å². The summed E-state index contributed by atoms with van der Waals surface area (Å²) >= 11 is 5.77. The van der Waals surface area contributed by atoms with Gasteiger partial charge in [0.1, 0.15) is 16.5 Å². The molecule has 8 nitrogen and oxygen atoms in total. The second kappa shape index (κ2) is 6.33. The molecule has 9 heteroatoms. The predicted octanol–water partition coefficient (Wildman–Crippen LogP) is 0.771. The number of aromatic nitrogens is 3. The minimum absolute atomic E-state index is 0.0813. The number of hydrogen-bond acceptors (Lipinski definition) is 7. The molecule has 0 aliphatic heterocycles. The van der Waals surface area contributed by atoms with Gasteiger partial charge in [0.2, 0.25) is 0 Å². The van der Waals surface area contributed by atoms with E-state index < -0.39 is 5.56 Å². The Morgan fingerprint density at radius 1 is 1.52 bits per heavy atom. The molecular formula is C12H12ClN5O3. The Labute approximate surface area is 124 Å². The largest absolute Gasteiger partial charge is 0.505 e. The summed E-state index contributed by atoms with van der Waals surface area (Å²) in [7, 11) is 0. The molecule has 0 atom stereocenters. The van der Waals surface area contributed by atoms with Gasteiger partial charge in [-0.1, -0.05) is 11.6 Å². The molecule has 0 amide bonds. The van der Waals surface area contributed by atoms with Gasteiger partial charge in [-0.05, 0) is 6.92 Å². The van der Waals surface area contributed by atoms with Crippen LogP contribution in [0, 0.1) is 6.92 Å². The summed E-state index contributed by atoms with van der Waals surface area (Å²) in [6.07, 6.45) is 4.04. The number of aliphatic hydroxyl groups excluding tert-OH is 1. The molecule has 0 spiro atoms. The molecule has 2 rings (SSSR count). The van der Waals surface area contributed by atoms with Crippen molar-refractivity contribution in [2.24, 2.45) is 5.10 Å². The smallest absolute Gasteiger partial charge is 0.285 e. The molecule has 4 N–H and O–H groups in total. The average molecular weight is 310 g/mol. The highest BCUT2D eigenvalue weighted by molar-refractivity contribution is 6.32. The average Bonchev–Trinajstić information content (AvgIpc) is 2.48. The Kier molecular flexibility index (Phi) is 4.51. The zero-order valence-corrected chi connectivity index (χ0v) is 11.7. The molecule has 0 aromatic carbocycles. The summed E-state index contributed by atoms with van der Waals surface area (Å²) in [4.78, 5) is 15.2. The standard InChI is InChI=1S/C12H12ClN5O3/c1-6-11(20)8(7(5-19)2-14-6)3-15-17-9-4-16-18-12(21)10(9)13/h2-4,19-20H,5H2,1H3,(H2,17,18,21)/b15-3+. The number of pyridine rings is 1. The number of aliphatic hydroxyl groups is 1. The highest BCUT2D eigenvalue weighted by Crippen LogP contribution is 2.22. The molecular weight excluding hydrogens is 298 g/mol. The van der Waals surface area contributed by atoms with Crippen molar-refractivity contribution in [2.75, 3.05) is 5.43 Å². The number of hydrogen-bond donors (Lipinski definition) is 4. The minimum atomic E-state index is -0.546. The minimum Gasteiger partial charge on any atom is -0.505 e. The lowest BCUT2D eigenvalue weighted by atomic mass is 10.1. The molecule has 0 bridgehead atoms. The van der Waals surface area contributed by atoms with Crippen LogP contribution in [0.15, 0.2) is 22.3 Å². The van der Waals surface area contributed by atoms with E-state index in [4.69, 9.17) is 11.6 Å². The summed E-state index contributed by atoms with van der Waals surface area (Å²) in [5.41, 5.74) is 3.36. The SMILES string of the molecule is Cc1ncc(CO)c(/C=N/Nc2cn[nH]c(=O)c2Cl)c1O. The number of aromatic hydroxyl groups is 1. The lowest BCUT2D eigenvalue weighted by molar-refractivity contribution is 0.280. The second-order valence-corrected chi connectivity index (χ2v) is 4.46. The van der Waals surface area contributed by atoms with Crippen LogP contribution in [0.1, 0.15) is 16.8 Å². The van der Waals surface area contributed by atoms with E-state index in [1.807, 2.05) is 0 Å². The Hall–Kier alpha value is -2.45. The Morgan fingerprint density at radius 2 is 2.29 bits per heavy atom. The third kappa shape index (κ3) is 3.18. The number of aryl methyl sites for hydroxylation is 1. The third-order valence-electron chi connectivity index (χ3n) is 2.70. The first-order valence-corrected chi connectivity index (χ1v) is 6.23. The summed E-state index contributed by atoms with van der Waals surface area (Å²) in [6, 6.07) is 0. The van der Waals surface area contributed by atoms with Crippen molar-refractivity contribution in [1.29, 1.82) is 0 Å². The molecule has 110 valence electrons. The topological polar surface area (TPSA) is 123 Å². The molecule has 0 unspecified atom stereocenters. The fourth-order valence-corrected chi connectivity index (χ4v) is 1.68. The first-order chi connectivity index (χ1) is 10.0. The zero-order valence-electron chi connectivity index (χ0n) is 11.0. The molecule has 2 heterocycles. The predicted molar refractivity (Wildman–Crippen MR) is 77.6 cm³/mol. The fraction of sp³-hybridized carbons (Fsp3) is 0.167. The van der Waals surface area contributed by atoms with Crippen LogP contribution in [0.4, 0.5) is 5.69 Å². The van der Waals surface area contributed by atoms with Gasteiger partial charge in [0.15, 0.2) is 0 Å². The van der Waals surface area contributed by atoms with Gasteiger partial charge in [-0.2, -0.15) is 10.2 Å². The van der Waals surface area contributed by atoms with Crippen LogP contribution in [0.3, 0.4) is 0 Å². The van der Waals surface area contributed by atoms with E-state index in [9.17, 15) is 15.0 Å². The van der Waals surface area contributed by atoms with Gasteiger partial charge in [-0.15, -0.1) is 0 Å². The van der Waals surface area contributed by atoms with E-state index in [1.165, 1.54) is 18.6 Å². The Balaban J connectivity index is 2.28. The van der Waals surface area contributed by atoms with Gasteiger partial charge < -0.3 is 10.2 Å². The number of halogens is 1. The lowest BCUT2D eigenvalue weighted by Gasteiger charge is -2.07. The monoisotopic (exact) mass is 309 g/mol. The fourth-order valence-electron chi connectivity index (χ4n) is 1.55. The van der Waals surface area contributed by atoms with Gasteiger partial charge in [0.05, 0.1) is 24.7 Å². The van der Waals surface area contributed by atoms with Crippen molar-refractivity contribution < 1.29 is 10.2 Å². The highest BCUT2D eigenvalue weighted by atomic mass is 35.5. The summed E-state index contributed by atoms with van der Waals surface area (Å²) in [5, 5.41) is 28.7. The molecule has 0 saturated heterocycles. The number of nitrogens with zero attached hydrogens (tertiary/aromatic N) is 3. The molecule has 0 saturated carbocycles. The summed E-state index contributed by atoms with van der Waals surface area (Å²) < 4.78 is 0. The van der Waals surface area contributed by atoms with Gasteiger partial charge in [-0.3, -0.25) is 15.2 Å². The number of rotatable bonds is 4. The number of nitrogens with one attached hydrogen (secondary N) is 2. The normalized spacial score (nSPS) is 11.0. The maximum absolute atomic E-state index is 11.2. The molecule has 0 radical (unpaired) electrons. The number of anilines is 1. The summed E-state index contributed by atoms with van der Waals surface area (Å²) in [5.74, 6) is -0.0813. The molecule has 2 aromatic rings. The number of aromatic amines is 1. The van der Waals surface area contributed by atoms with E-state index in [1.54, 1.807) is 6.92 Å². The number of hydrazone groups is 1. The van der Waals surface area contributed by atoms with E-state index in [-0.39, 0.29) is 23.1 Å². The molecule has 0 aliphatic rings. The van der Waals surface area contributed by atoms with Crippen molar-refractivity contribution in [3.63, 3.8) is 0 Å². The van der Waals surface area contributed by atoms with Crippen LogP contribution in [-0.4, -0.2) is 31.6 Å². The van der Waals surface area contributed by atoms with Gasteiger partial charge in [0, 0.05) is 17.3 Å². The van der Waals surface area contributed by atoms with Crippen molar-refractivity contribution in [3.8, 4) is 5.75 Å². The maximum atomic E-state index is 11.2. The highest BCUT2D eigenvalue weighted by Gasteiger charge is 2.09. The maximum Gasteiger partial charge on any atom is 0.285 e. The van der Waals surface area contributed by atoms with E-state index >= 15 is 0 Å². The van der Waals surface area contributed by atoms with Crippen LogP contribution in [0.25, 0.3) is 0 Å². The van der Waals surface area contributed by atoms with Gasteiger partial charge in [0.25, 0.3) is 5.56 Å². The van der Waals surface area contributed by atoms with Crippen LogP contribution < -0.4 is 11.0 Å². The molecule has 21 heavy (non-hydrogen) atoms. The van der Waals surface area contributed by atoms with E-state index in [0.29, 0.717) is 16.8 Å². The Morgan fingerprint density at radius 3 is 3.00 bits per heavy atom. The second-order valence-electron chi connectivity index (χ2n) is 4.09. The van der Waals surface area contributed by atoms with Crippen molar-refractivity contribution in [2.45, 2.75) is 13.5 Å². The third-order valence-corrected chi connectivity index (χ3v) is 3.08. The van der Waals surface area contributed by atoms with Crippen LogP contribution in [0.5, 0.6) is 5.75 Å². The first-order valence-electron chi connectivity index (χ1n) is 5.85. The quantitative estimate of drug-likeness (QED) is 0.488. The zero-order chi connectivity index (χ0) is 15.4. The van der Waals surface area contributed by atoms with E-state index in [2.05, 4.69) is 25.7 Å². The van der Waals surface area contributed by atoms with Gasteiger partial charge >= 0.3 is 0 Å². The summed E-state index contributed by atoms with van der Waals surface area (Å²) in [6.45, 7) is 1.33. The lowest BCUT2D eigenvalue weighted by Crippen LogP contribution is -2.10. The number of H-pyrrole nitrogens is 1. The molecule has 0 aliphatic carbocycles. The van der Waals surface area contributed by atoms with Crippen molar-refractivity contribution in [1.82, 2.24) is 15.2 Å². The Bertz CT molecular complexity index is 744. The molecule has 2 aromatic heterocycles. The molecule has 0 fully saturated rings. The first kappa shape index (κ1) is 14.9. The van der Waals surface area contributed by atoms with Crippen LogP contribution >= 0.6 is 11.6 Å². The van der Waals surface area contributed by atoms with Crippen molar-refractivity contribution >= 4 is 23.5 Å². The van der Waals surface area contributed by atoms with Gasteiger partial charge in [-0.25, -0.2) is 5.10 Å².